The molecule has 0 saturated heterocycles. The molecular formula is C10H14N4O3. The summed E-state index contributed by atoms with van der Waals surface area (Å²) in [5.41, 5.74) is 5.41. The van der Waals surface area contributed by atoms with Crippen LogP contribution in [-0.4, -0.2) is 32.8 Å². The van der Waals surface area contributed by atoms with Crippen LogP contribution in [0.3, 0.4) is 0 Å². The van der Waals surface area contributed by atoms with Crippen molar-refractivity contribution in [3.05, 3.63) is 11.9 Å². The van der Waals surface area contributed by atoms with E-state index in [1.807, 2.05) is 0 Å². The number of carbonyl (C=O) groups excluding carboxylic acids is 1. The Hall–Kier alpha value is -2.05. The van der Waals surface area contributed by atoms with Gasteiger partial charge in [0.15, 0.2) is 5.69 Å². The van der Waals surface area contributed by atoms with Gasteiger partial charge in [0.1, 0.15) is 0 Å². The summed E-state index contributed by atoms with van der Waals surface area (Å²) in [4.78, 5) is 22.1. The highest BCUT2D eigenvalue weighted by Crippen LogP contribution is 2.18. The van der Waals surface area contributed by atoms with Crippen molar-refractivity contribution in [1.82, 2.24) is 15.1 Å². The molecule has 1 aliphatic carbocycles. The number of nitrogens with one attached hydrogen (secondary N) is 1. The monoisotopic (exact) mass is 238 g/mol. The number of aromatic nitrogens is 2. The number of carboxylic acids is 1. The number of carboxylic acid groups (broad SMARTS) is 1. The standard InChI is InChI=1S/C10H14N4O3/c11-7-5-14(13-9(7)10(16)17)4-3-8(15)12-6-1-2-6/h5-6H,1-4,11H2,(H,12,15)(H,16,17). The van der Waals surface area contributed by atoms with Crippen molar-refractivity contribution in [2.75, 3.05) is 5.73 Å². The molecule has 2 rings (SSSR count). The Bertz CT molecular complexity index is 450. The van der Waals surface area contributed by atoms with Crippen molar-refractivity contribution in [2.24, 2.45) is 0 Å². The lowest BCUT2D eigenvalue weighted by molar-refractivity contribution is -0.121. The number of hydrogen-bond acceptors (Lipinski definition) is 4. The summed E-state index contributed by atoms with van der Waals surface area (Å²) in [6, 6.07) is 0.333. The molecule has 1 heterocycles. The summed E-state index contributed by atoms with van der Waals surface area (Å²) in [5.74, 6) is -1.21. The normalized spacial score (nSPS) is 14.6. The lowest BCUT2D eigenvalue weighted by Gasteiger charge is -2.02. The first-order chi connectivity index (χ1) is 8.06. The van der Waals surface area contributed by atoms with Crippen LogP contribution >= 0.6 is 0 Å². The molecule has 7 heteroatoms. The van der Waals surface area contributed by atoms with Crippen LogP contribution in [0.25, 0.3) is 0 Å². The van der Waals surface area contributed by atoms with Gasteiger partial charge in [-0.15, -0.1) is 0 Å². The maximum Gasteiger partial charge on any atom is 0.358 e. The van der Waals surface area contributed by atoms with E-state index in [-0.39, 0.29) is 23.7 Å². The first-order valence-corrected chi connectivity index (χ1v) is 5.42. The summed E-state index contributed by atoms with van der Waals surface area (Å²) in [5, 5.41) is 15.4. The van der Waals surface area contributed by atoms with E-state index in [4.69, 9.17) is 10.8 Å². The van der Waals surface area contributed by atoms with Crippen molar-refractivity contribution in [3.8, 4) is 0 Å². The minimum atomic E-state index is -1.16. The number of amides is 1. The molecule has 0 bridgehead atoms. The van der Waals surface area contributed by atoms with Gasteiger partial charge >= 0.3 is 5.97 Å². The van der Waals surface area contributed by atoms with Crippen molar-refractivity contribution < 1.29 is 14.7 Å². The molecule has 17 heavy (non-hydrogen) atoms. The lowest BCUT2D eigenvalue weighted by atomic mass is 10.4. The Morgan fingerprint density at radius 1 is 1.59 bits per heavy atom. The quantitative estimate of drug-likeness (QED) is 0.659. The van der Waals surface area contributed by atoms with Crippen LogP contribution in [-0.2, 0) is 11.3 Å². The van der Waals surface area contributed by atoms with E-state index in [1.54, 1.807) is 0 Å². The molecule has 7 nitrogen and oxygen atoms in total. The number of nitrogen functional groups attached to an aromatic ring is 1. The third-order valence-corrected chi connectivity index (χ3v) is 2.50. The molecule has 1 aliphatic rings. The molecule has 4 N–H and O–H groups in total. The minimum Gasteiger partial charge on any atom is -0.476 e. The molecule has 1 amide bonds. The Kier molecular flexibility index (Phi) is 2.99. The van der Waals surface area contributed by atoms with Gasteiger partial charge in [0, 0.05) is 25.2 Å². The zero-order valence-corrected chi connectivity index (χ0v) is 9.22. The first kappa shape index (κ1) is 11.4. The largest absolute Gasteiger partial charge is 0.476 e. The van der Waals surface area contributed by atoms with Crippen LogP contribution in [0.4, 0.5) is 5.69 Å². The van der Waals surface area contributed by atoms with Crippen molar-refractivity contribution >= 4 is 17.6 Å². The van der Waals surface area contributed by atoms with Crippen LogP contribution in [0.5, 0.6) is 0 Å². The van der Waals surface area contributed by atoms with E-state index < -0.39 is 5.97 Å². The molecule has 1 aromatic heterocycles. The molecule has 0 atom stereocenters. The highest BCUT2D eigenvalue weighted by molar-refractivity contribution is 5.91. The van der Waals surface area contributed by atoms with Gasteiger partial charge < -0.3 is 16.2 Å². The highest BCUT2D eigenvalue weighted by Gasteiger charge is 2.23. The Morgan fingerprint density at radius 3 is 2.82 bits per heavy atom. The summed E-state index contributed by atoms with van der Waals surface area (Å²) in [7, 11) is 0. The van der Waals surface area contributed by atoms with Crippen molar-refractivity contribution in [2.45, 2.75) is 31.8 Å². The van der Waals surface area contributed by atoms with Crippen LogP contribution in [0.2, 0.25) is 0 Å². The van der Waals surface area contributed by atoms with Crippen LogP contribution in [0.1, 0.15) is 29.8 Å². The number of anilines is 1. The Balaban J connectivity index is 1.87. The number of aryl methyl sites for hydroxylation is 1. The number of nitrogens with zero attached hydrogens (tertiary/aromatic N) is 2. The number of hydrogen-bond donors (Lipinski definition) is 3. The fourth-order valence-corrected chi connectivity index (χ4v) is 1.46. The van der Waals surface area contributed by atoms with Crippen LogP contribution in [0.15, 0.2) is 6.20 Å². The fraction of sp³-hybridized carbons (Fsp3) is 0.500. The third-order valence-electron chi connectivity index (χ3n) is 2.50. The number of nitrogens with two attached hydrogens (primary N) is 1. The van der Waals surface area contributed by atoms with E-state index in [9.17, 15) is 9.59 Å². The van der Waals surface area contributed by atoms with E-state index in [1.165, 1.54) is 10.9 Å². The van der Waals surface area contributed by atoms with Gasteiger partial charge in [0.2, 0.25) is 5.91 Å². The smallest absolute Gasteiger partial charge is 0.358 e. The first-order valence-electron chi connectivity index (χ1n) is 5.42. The minimum absolute atomic E-state index is 0.0431. The summed E-state index contributed by atoms with van der Waals surface area (Å²) in [6.45, 7) is 0.329. The Labute approximate surface area is 97.6 Å². The van der Waals surface area contributed by atoms with E-state index in [2.05, 4.69) is 10.4 Å². The molecule has 0 unspecified atom stereocenters. The number of aromatic carboxylic acids is 1. The van der Waals surface area contributed by atoms with Gasteiger partial charge in [0.25, 0.3) is 0 Å². The van der Waals surface area contributed by atoms with E-state index >= 15 is 0 Å². The maximum absolute atomic E-state index is 11.4. The van der Waals surface area contributed by atoms with E-state index in [0.717, 1.165) is 12.8 Å². The zero-order chi connectivity index (χ0) is 12.4. The zero-order valence-electron chi connectivity index (χ0n) is 9.22. The third kappa shape index (κ3) is 2.96. The SMILES string of the molecule is Nc1cn(CCC(=O)NC2CC2)nc1C(=O)O. The lowest BCUT2D eigenvalue weighted by Crippen LogP contribution is -2.26. The van der Waals surface area contributed by atoms with Gasteiger partial charge in [-0.1, -0.05) is 0 Å². The molecule has 1 aromatic rings. The van der Waals surface area contributed by atoms with Gasteiger partial charge in [-0.2, -0.15) is 5.10 Å². The van der Waals surface area contributed by atoms with E-state index in [0.29, 0.717) is 12.6 Å². The predicted molar refractivity (Wildman–Crippen MR) is 59.4 cm³/mol. The predicted octanol–water partition coefficient (Wildman–Crippen LogP) is -0.168. The van der Waals surface area contributed by atoms with Gasteiger partial charge in [-0.25, -0.2) is 4.79 Å². The molecule has 1 fully saturated rings. The summed E-state index contributed by atoms with van der Waals surface area (Å²) >= 11 is 0. The van der Waals surface area contributed by atoms with Gasteiger partial charge in [-0.05, 0) is 12.8 Å². The second-order valence-electron chi connectivity index (χ2n) is 4.09. The molecule has 0 spiro atoms. The molecule has 1 saturated carbocycles. The Morgan fingerprint density at radius 2 is 2.29 bits per heavy atom. The molecular weight excluding hydrogens is 224 g/mol. The van der Waals surface area contributed by atoms with Crippen molar-refractivity contribution in [1.29, 1.82) is 0 Å². The summed E-state index contributed by atoms with van der Waals surface area (Å²) in [6.07, 6.45) is 3.79. The topological polar surface area (TPSA) is 110 Å². The highest BCUT2D eigenvalue weighted by atomic mass is 16.4. The molecule has 0 aromatic carbocycles. The second-order valence-corrected chi connectivity index (χ2v) is 4.09. The van der Waals surface area contributed by atoms with Gasteiger partial charge in [-0.3, -0.25) is 9.48 Å². The maximum atomic E-state index is 11.4. The number of rotatable bonds is 5. The fourth-order valence-electron chi connectivity index (χ4n) is 1.46. The molecule has 92 valence electrons. The number of carbonyl (C=O) groups is 2. The average Bonchev–Trinajstić information content (AvgIpc) is 2.97. The van der Waals surface area contributed by atoms with Crippen LogP contribution < -0.4 is 11.1 Å². The molecule has 0 radical (unpaired) electrons. The van der Waals surface area contributed by atoms with Crippen molar-refractivity contribution in [3.63, 3.8) is 0 Å². The molecule has 0 aliphatic heterocycles. The average molecular weight is 238 g/mol. The second kappa shape index (κ2) is 4.44. The summed E-state index contributed by atoms with van der Waals surface area (Å²) < 4.78 is 1.38. The van der Waals surface area contributed by atoms with Crippen LogP contribution in [0, 0.1) is 0 Å². The van der Waals surface area contributed by atoms with Gasteiger partial charge in [0.05, 0.1) is 5.69 Å².